The summed E-state index contributed by atoms with van der Waals surface area (Å²) in [6, 6.07) is 5.29. The Morgan fingerprint density at radius 1 is 1.29 bits per heavy atom. The van der Waals surface area contributed by atoms with Gasteiger partial charge in [0, 0.05) is 4.83 Å². The van der Waals surface area contributed by atoms with Crippen LogP contribution in [0.25, 0.3) is 0 Å². The number of anilines is 1. The van der Waals surface area contributed by atoms with E-state index in [0.29, 0.717) is 15.7 Å². The Labute approximate surface area is 143 Å². The Morgan fingerprint density at radius 2 is 1.95 bits per heavy atom. The summed E-state index contributed by atoms with van der Waals surface area (Å²) in [7, 11) is 0. The van der Waals surface area contributed by atoms with Gasteiger partial charge in [0.25, 0.3) is 0 Å². The van der Waals surface area contributed by atoms with Gasteiger partial charge in [-0.25, -0.2) is 0 Å². The lowest BCUT2D eigenvalue weighted by Crippen LogP contribution is -2.68. The highest BCUT2D eigenvalue weighted by molar-refractivity contribution is 9.09. The van der Waals surface area contributed by atoms with Crippen molar-refractivity contribution in [2.75, 3.05) is 5.32 Å². The molecule has 0 radical (unpaired) electrons. The van der Waals surface area contributed by atoms with Crippen LogP contribution in [0.15, 0.2) is 18.2 Å². The molecule has 2 nitrogen and oxygen atoms in total. The van der Waals surface area contributed by atoms with Crippen molar-refractivity contribution in [3.63, 3.8) is 0 Å². The zero-order valence-electron chi connectivity index (χ0n) is 12.3. The monoisotopic (exact) mass is 389 g/mol. The molecule has 0 aliphatic heterocycles. The van der Waals surface area contributed by atoms with Crippen LogP contribution < -0.4 is 5.32 Å². The van der Waals surface area contributed by atoms with Gasteiger partial charge in [-0.1, -0.05) is 66.0 Å². The zero-order chi connectivity index (χ0) is 15.6. The predicted octanol–water partition coefficient (Wildman–Crippen LogP) is 5.52. The maximum atomic E-state index is 13.0. The van der Waals surface area contributed by atoms with Crippen LogP contribution in [0.1, 0.15) is 33.6 Å². The molecule has 2 bridgehead atoms. The number of fused-ring (bicyclic) bond motifs is 1. The number of amides is 1. The first-order valence-electron chi connectivity index (χ1n) is 7.08. The molecule has 0 saturated heterocycles. The number of carbonyl (C=O) groups is 1. The van der Waals surface area contributed by atoms with E-state index >= 15 is 0 Å². The summed E-state index contributed by atoms with van der Waals surface area (Å²) >= 11 is 16.0. The normalized spacial score (nSPS) is 36.2. The lowest BCUT2D eigenvalue weighted by Gasteiger charge is -2.64. The fourth-order valence-corrected chi connectivity index (χ4v) is 6.45. The molecule has 5 heteroatoms. The Morgan fingerprint density at radius 3 is 2.48 bits per heavy atom. The fourth-order valence-electron chi connectivity index (χ4n) is 4.29. The van der Waals surface area contributed by atoms with Crippen LogP contribution in [0.5, 0.6) is 0 Å². The van der Waals surface area contributed by atoms with Gasteiger partial charge in [0.05, 0.1) is 21.1 Å². The second-order valence-electron chi connectivity index (χ2n) is 6.93. The molecule has 3 fully saturated rings. The molecule has 4 rings (SSSR count). The van der Waals surface area contributed by atoms with Crippen molar-refractivity contribution in [2.45, 2.75) is 38.4 Å². The molecule has 0 unspecified atom stereocenters. The van der Waals surface area contributed by atoms with Gasteiger partial charge in [-0.3, -0.25) is 4.79 Å². The minimum atomic E-state index is -0.382. The first-order valence-corrected chi connectivity index (χ1v) is 8.75. The molecular weight excluding hydrogens is 373 g/mol. The van der Waals surface area contributed by atoms with Gasteiger partial charge in [-0.2, -0.15) is 0 Å². The number of benzene rings is 1. The molecule has 21 heavy (non-hydrogen) atoms. The molecule has 3 atom stereocenters. The van der Waals surface area contributed by atoms with E-state index in [9.17, 15) is 4.79 Å². The molecule has 114 valence electrons. The summed E-state index contributed by atoms with van der Waals surface area (Å²) in [5.41, 5.74) is 0.332. The van der Waals surface area contributed by atoms with Gasteiger partial charge >= 0.3 is 0 Å². The first kappa shape index (κ1) is 15.6. The Kier molecular flexibility index (Phi) is 3.44. The molecular formula is C16H18BrCl2NO. The van der Waals surface area contributed by atoms with E-state index in [1.54, 1.807) is 18.2 Å². The molecule has 1 amide bonds. The topological polar surface area (TPSA) is 29.1 Å². The van der Waals surface area contributed by atoms with Crippen molar-refractivity contribution in [1.82, 2.24) is 0 Å². The van der Waals surface area contributed by atoms with Gasteiger partial charge in [-0.15, -0.1) is 0 Å². The van der Waals surface area contributed by atoms with Crippen LogP contribution in [0, 0.1) is 16.2 Å². The standard InChI is InChI=1S/C16H18BrCl2NO/c1-14(2)15(3)7-8-16(14,12(15)17)13(21)20-10-6-4-5-9(18)11(10)19/h4-6,12H,7-8H2,1-3H3,(H,20,21)/t12-,15+,16-/m0/s1. The molecule has 1 aromatic rings. The van der Waals surface area contributed by atoms with Crippen molar-refractivity contribution in [2.24, 2.45) is 16.2 Å². The van der Waals surface area contributed by atoms with Crippen molar-refractivity contribution < 1.29 is 4.79 Å². The Bertz CT molecular complexity index is 633. The van der Waals surface area contributed by atoms with Crippen LogP contribution in [0.3, 0.4) is 0 Å². The minimum Gasteiger partial charge on any atom is -0.324 e. The summed E-state index contributed by atoms with van der Waals surface area (Å²) in [4.78, 5) is 13.2. The van der Waals surface area contributed by atoms with Gasteiger partial charge in [0.1, 0.15) is 0 Å². The number of carbonyl (C=O) groups excluding carboxylic acids is 1. The smallest absolute Gasteiger partial charge is 0.232 e. The van der Waals surface area contributed by atoms with Crippen LogP contribution in [-0.4, -0.2) is 10.7 Å². The molecule has 3 aliphatic rings. The van der Waals surface area contributed by atoms with Crippen molar-refractivity contribution in [1.29, 1.82) is 0 Å². The summed E-state index contributed by atoms with van der Waals surface area (Å²) in [5.74, 6) is 0.0357. The third-order valence-corrected chi connectivity index (χ3v) is 8.79. The van der Waals surface area contributed by atoms with E-state index < -0.39 is 0 Å². The summed E-state index contributed by atoms with van der Waals surface area (Å²) in [5, 5.41) is 3.84. The van der Waals surface area contributed by atoms with E-state index in [1.165, 1.54) is 0 Å². The number of hydrogen-bond donors (Lipinski definition) is 1. The largest absolute Gasteiger partial charge is 0.324 e. The number of hydrogen-bond acceptors (Lipinski definition) is 1. The Hall–Kier alpha value is -0.250. The lowest BCUT2D eigenvalue weighted by atomic mass is 9.43. The molecule has 3 saturated carbocycles. The van der Waals surface area contributed by atoms with Crippen LogP contribution >= 0.6 is 39.1 Å². The van der Waals surface area contributed by atoms with Crippen LogP contribution in [0.4, 0.5) is 5.69 Å². The second kappa shape index (κ2) is 4.62. The highest BCUT2D eigenvalue weighted by Gasteiger charge is 2.80. The van der Waals surface area contributed by atoms with Gasteiger partial charge in [-0.05, 0) is 35.8 Å². The second-order valence-corrected chi connectivity index (χ2v) is 8.63. The number of rotatable bonds is 2. The van der Waals surface area contributed by atoms with Crippen LogP contribution in [-0.2, 0) is 4.79 Å². The fraction of sp³-hybridized carbons (Fsp3) is 0.562. The Balaban J connectivity index is 1.92. The summed E-state index contributed by atoms with van der Waals surface area (Å²) in [6.07, 6.45) is 1.96. The third kappa shape index (κ3) is 1.69. The van der Waals surface area contributed by atoms with E-state index in [2.05, 4.69) is 42.0 Å². The number of halogens is 3. The molecule has 1 aromatic carbocycles. The number of alkyl halides is 1. The third-order valence-electron chi connectivity index (χ3n) is 6.18. The van der Waals surface area contributed by atoms with Crippen molar-refractivity contribution >= 4 is 50.7 Å². The van der Waals surface area contributed by atoms with Gasteiger partial charge < -0.3 is 5.32 Å². The van der Waals surface area contributed by atoms with Crippen LogP contribution in [0.2, 0.25) is 10.0 Å². The average molecular weight is 391 g/mol. The van der Waals surface area contributed by atoms with Gasteiger partial charge in [0.2, 0.25) is 5.91 Å². The van der Waals surface area contributed by atoms with E-state index in [1.807, 2.05) is 0 Å². The van der Waals surface area contributed by atoms with Crippen molar-refractivity contribution in [3.05, 3.63) is 28.2 Å². The molecule has 0 heterocycles. The molecule has 0 spiro atoms. The van der Waals surface area contributed by atoms with Crippen molar-refractivity contribution in [3.8, 4) is 0 Å². The molecule has 1 N–H and O–H groups in total. The highest BCUT2D eigenvalue weighted by Crippen LogP contribution is 2.79. The first-order chi connectivity index (χ1) is 9.68. The van der Waals surface area contributed by atoms with E-state index in [4.69, 9.17) is 23.2 Å². The zero-order valence-corrected chi connectivity index (χ0v) is 15.4. The minimum absolute atomic E-state index is 0.0357. The van der Waals surface area contributed by atoms with E-state index in [-0.39, 0.29) is 27.0 Å². The average Bonchev–Trinajstić information content (AvgIpc) is 2.83. The lowest BCUT2D eigenvalue weighted by molar-refractivity contribution is -0.155. The van der Waals surface area contributed by atoms with Gasteiger partial charge in [0.15, 0.2) is 0 Å². The summed E-state index contributed by atoms with van der Waals surface area (Å²) < 4.78 is 0. The maximum Gasteiger partial charge on any atom is 0.232 e. The predicted molar refractivity (Wildman–Crippen MR) is 91.4 cm³/mol. The maximum absolute atomic E-state index is 13.0. The quantitative estimate of drug-likeness (QED) is 0.661. The SMILES string of the molecule is CC1(C)[C@]2(C)CC[C@@]1(C(=O)Nc1cccc(Cl)c1Cl)[C@H]2Br. The van der Waals surface area contributed by atoms with E-state index in [0.717, 1.165) is 12.8 Å². The highest BCUT2D eigenvalue weighted by atomic mass is 79.9. The number of nitrogens with one attached hydrogen (secondary N) is 1. The molecule has 0 aromatic heterocycles. The summed E-state index contributed by atoms with van der Waals surface area (Å²) in [6.45, 7) is 6.64. The molecule has 3 aliphatic carbocycles.